The van der Waals surface area contributed by atoms with Crippen molar-refractivity contribution in [3.05, 3.63) is 74.7 Å². The summed E-state index contributed by atoms with van der Waals surface area (Å²) in [4.78, 5) is 20.9. The number of halogens is 2. The standard InChI is InChI=1S/C21H17ClFN7O/c1-11-15(17(23)5-20(25)28-11)8-27-21(31)16-10-30(29-19(16)6-24)9-12-2-13-4-14(22)7-26-18(13)3-12/h2,4-5,7,10H,3,8-9H2,1H3,(H2,25,28)(H,27,31). The number of carbonyl (C=O) groups excluding carboxylic acids is 1. The van der Waals surface area contributed by atoms with E-state index in [2.05, 4.69) is 20.4 Å². The molecule has 8 nitrogen and oxygen atoms in total. The molecule has 31 heavy (non-hydrogen) atoms. The fourth-order valence-electron chi connectivity index (χ4n) is 3.46. The van der Waals surface area contributed by atoms with Crippen LogP contribution >= 0.6 is 11.6 Å². The molecule has 3 heterocycles. The second-order valence-corrected chi connectivity index (χ2v) is 7.58. The molecule has 0 aromatic carbocycles. The van der Waals surface area contributed by atoms with Gasteiger partial charge in [-0.05, 0) is 24.1 Å². The van der Waals surface area contributed by atoms with Gasteiger partial charge in [-0.15, -0.1) is 0 Å². The number of rotatable bonds is 5. The van der Waals surface area contributed by atoms with E-state index >= 15 is 0 Å². The molecule has 0 radical (unpaired) electrons. The molecular weight excluding hydrogens is 421 g/mol. The number of pyridine rings is 2. The minimum Gasteiger partial charge on any atom is -0.384 e. The van der Waals surface area contributed by atoms with Crippen molar-refractivity contribution < 1.29 is 9.18 Å². The van der Waals surface area contributed by atoms with Gasteiger partial charge in [0.2, 0.25) is 0 Å². The monoisotopic (exact) mass is 437 g/mol. The number of fused-ring (bicyclic) bond motifs is 1. The highest BCUT2D eigenvalue weighted by Gasteiger charge is 2.20. The summed E-state index contributed by atoms with van der Waals surface area (Å²) in [5.41, 5.74) is 9.12. The summed E-state index contributed by atoms with van der Waals surface area (Å²) in [5, 5.41) is 16.8. The van der Waals surface area contributed by atoms with Gasteiger partial charge in [0, 0.05) is 42.7 Å². The zero-order valence-electron chi connectivity index (χ0n) is 16.5. The van der Waals surface area contributed by atoms with Crippen molar-refractivity contribution in [2.75, 3.05) is 5.73 Å². The number of amides is 1. The third-order valence-electron chi connectivity index (χ3n) is 4.92. The van der Waals surface area contributed by atoms with Gasteiger partial charge in [0.1, 0.15) is 17.7 Å². The average molecular weight is 438 g/mol. The molecule has 4 rings (SSSR count). The Bertz CT molecular complexity index is 1250. The largest absolute Gasteiger partial charge is 0.384 e. The molecule has 0 saturated carbocycles. The molecular formula is C21H17ClFN7O. The van der Waals surface area contributed by atoms with E-state index in [-0.39, 0.29) is 29.2 Å². The number of nitrogen functional groups attached to an aromatic ring is 1. The Labute approximate surface area is 182 Å². The molecule has 0 saturated heterocycles. The number of hydrogen-bond donors (Lipinski definition) is 2. The van der Waals surface area contributed by atoms with Crippen LogP contribution in [-0.2, 0) is 19.5 Å². The number of hydrogen-bond acceptors (Lipinski definition) is 6. The van der Waals surface area contributed by atoms with Gasteiger partial charge in [-0.3, -0.25) is 14.5 Å². The molecule has 0 aliphatic heterocycles. The van der Waals surface area contributed by atoms with Crippen molar-refractivity contribution >= 4 is 29.4 Å². The molecule has 0 atom stereocenters. The third kappa shape index (κ3) is 4.25. The molecule has 0 unspecified atom stereocenters. The summed E-state index contributed by atoms with van der Waals surface area (Å²) in [7, 11) is 0. The van der Waals surface area contributed by atoms with Crippen molar-refractivity contribution in [1.82, 2.24) is 25.1 Å². The van der Waals surface area contributed by atoms with Crippen LogP contribution in [0.15, 0.2) is 30.1 Å². The summed E-state index contributed by atoms with van der Waals surface area (Å²) >= 11 is 5.99. The lowest BCUT2D eigenvalue weighted by molar-refractivity contribution is 0.0950. The lowest BCUT2D eigenvalue weighted by Gasteiger charge is -2.09. The molecule has 0 fully saturated rings. The second-order valence-electron chi connectivity index (χ2n) is 7.15. The maximum atomic E-state index is 14.1. The number of nitrogens with zero attached hydrogens (tertiary/aromatic N) is 5. The number of anilines is 1. The fraction of sp³-hybridized carbons (Fsp3) is 0.190. The first-order chi connectivity index (χ1) is 14.8. The normalized spacial score (nSPS) is 12.3. The molecule has 10 heteroatoms. The van der Waals surface area contributed by atoms with Crippen LogP contribution in [-0.4, -0.2) is 25.7 Å². The zero-order chi connectivity index (χ0) is 22.1. The van der Waals surface area contributed by atoms with Gasteiger partial charge in [-0.1, -0.05) is 17.7 Å². The van der Waals surface area contributed by atoms with E-state index in [4.69, 9.17) is 17.3 Å². The maximum Gasteiger partial charge on any atom is 0.256 e. The van der Waals surface area contributed by atoms with E-state index in [1.54, 1.807) is 13.1 Å². The van der Waals surface area contributed by atoms with Crippen LogP contribution in [0.4, 0.5) is 10.2 Å². The first-order valence-electron chi connectivity index (χ1n) is 9.35. The summed E-state index contributed by atoms with van der Waals surface area (Å²) < 4.78 is 15.6. The quantitative estimate of drug-likeness (QED) is 0.632. The molecule has 1 aliphatic rings. The Balaban J connectivity index is 1.48. The van der Waals surface area contributed by atoms with Gasteiger partial charge in [-0.2, -0.15) is 10.4 Å². The molecule has 3 aromatic heterocycles. The number of allylic oxidation sites excluding steroid dienone is 1. The molecule has 1 amide bonds. The van der Waals surface area contributed by atoms with Gasteiger partial charge in [0.05, 0.1) is 22.8 Å². The van der Waals surface area contributed by atoms with Crippen molar-refractivity contribution in [2.45, 2.75) is 26.4 Å². The first kappa shape index (κ1) is 20.5. The van der Waals surface area contributed by atoms with E-state index in [1.165, 1.54) is 10.9 Å². The minimum absolute atomic E-state index is 0.0117. The number of nitrogens with two attached hydrogens (primary N) is 1. The highest BCUT2D eigenvalue weighted by atomic mass is 35.5. The Morgan fingerprint density at radius 1 is 1.45 bits per heavy atom. The number of nitrogens with one attached hydrogen (secondary N) is 1. The van der Waals surface area contributed by atoms with E-state index in [1.807, 2.05) is 18.2 Å². The number of aromatic nitrogens is 4. The highest BCUT2D eigenvalue weighted by molar-refractivity contribution is 6.30. The summed E-state index contributed by atoms with van der Waals surface area (Å²) in [5.74, 6) is -1.02. The maximum absolute atomic E-state index is 14.1. The van der Waals surface area contributed by atoms with Crippen LogP contribution in [0.5, 0.6) is 0 Å². The minimum atomic E-state index is -0.553. The van der Waals surface area contributed by atoms with Gasteiger partial charge < -0.3 is 11.1 Å². The number of carbonyl (C=O) groups is 1. The molecule has 0 spiro atoms. The van der Waals surface area contributed by atoms with E-state index in [0.29, 0.717) is 23.7 Å². The smallest absolute Gasteiger partial charge is 0.256 e. The topological polar surface area (TPSA) is 123 Å². The van der Waals surface area contributed by atoms with Gasteiger partial charge in [0.15, 0.2) is 5.69 Å². The van der Waals surface area contributed by atoms with Gasteiger partial charge >= 0.3 is 0 Å². The summed E-state index contributed by atoms with van der Waals surface area (Å²) in [6, 6.07) is 4.87. The van der Waals surface area contributed by atoms with E-state index in [9.17, 15) is 14.4 Å². The molecule has 3 aromatic rings. The summed E-state index contributed by atoms with van der Waals surface area (Å²) in [6.07, 6.45) is 5.71. The second kappa shape index (κ2) is 8.16. The van der Waals surface area contributed by atoms with Crippen molar-refractivity contribution in [3.63, 3.8) is 0 Å². The van der Waals surface area contributed by atoms with Crippen LogP contribution in [0, 0.1) is 24.1 Å². The SMILES string of the molecule is Cc1nc(N)cc(F)c1CNC(=O)c1cn(CC2=Cc3cc(Cl)cnc3C2)nc1C#N. The fourth-order valence-corrected chi connectivity index (χ4v) is 3.63. The lowest BCUT2D eigenvalue weighted by atomic mass is 10.1. The average Bonchev–Trinajstić information content (AvgIpc) is 3.30. The molecule has 0 bridgehead atoms. The predicted molar refractivity (Wildman–Crippen MR) is 112 cm³/mol. The van der Waals surface area contributed by atoms with Crippen molar-refractivity contribution in [3.8, 4) is 6.07 Å². The van der Waals surface area contributed by atoms with Crippen molar-refractivity contribution in [1.29, 1.82) is 5.26 Å². The highest BCUT2D eigenvalue weighted by Crippen LogP contribution is 2.26. The molecule has 3 N–H and O–H groups in total. The van der Waals surface area contributed by atoms with Crippen LogP contribution < -0.4 is 11.1 Å². The number of aryl methyl sites for hydroxylation is 1. The Hall–Kier alpha value is -3.77. The predicted octanol–water partition coefficient (Wildman–Crippen LogP) is 2.80. The van der Waals surface area contributed by atoms with Crippen LogP contribution in [0.3, 0.4) is 0 Å². The van der Waals surface area contributed by atoms with Gasteiger partial charge in [-0.25, -0.2) is 9.37 Å². The zero-order valence-corrected chi connectivity index (χ0v) is 17.2. The lowest BCUT2D eigenvalue weighted by Crippen LogP contribution is -2.24. The first-order valence-corrected chi connectivity index (χ1v) is 9.73. The van der Waals surface area contributed by atoms with Gasteiger partial charge in [0.25, 0.3) is 5.91 Å². The van der Waals surface area contributed by atoms with Crippen LogP contribution in [0.1, 0.15) is 38.6 Å². The number of nitriles is 1. The summed E-state index contributed by atoms with van der Waals surface area (Å²) in [6.45, 7) is 1.91. The van der Waals surface area contributed by atoms with Crippen molar-refractivity contribution in [2.24, 2.45) is 0 Å². The Morgan fingerprint density at radius 3 is 3.00 bits per heavy atom. The van der Waals surface area contributed by atoms with Crippen LogP contribution in [0.2, 0.25) is 5.02 Å². The Morgan fingerprint density at radius 2 is 2.26 bits per heavy atom. The molecule has 1 aliphatic carbocycles. The Kier molecular flexibility index (Phi) is 5.40. The third-order valence-corrected chi connectivity index (χ3v) is 5.13. The van der Waals surface area contributed by atoms with E-state index in [0.717, 1.165) is 22.9 Å². The van der Waals surface area contributed by atoms with E-state index < -0.39 is 11.7 Å². The molecule has 156 valence electrons. The van der Waals surface area contributed by atoms with Crippen LogP contribution in [0.25, 0.3) is 6.08 Å².